The molecule has 0 aliphatic heterocycles. The maximum absolute atomic E-state index is 15.1. The lowest BCUT2D eigenvalue weighted by molar-refractivity contribution is -0.161. The fourth-order valence-corrected chi connectivity index (χ4v) is 5.34. The van der Waals surface area contributed by atoms with Crippen LogP contribution in [0.3, 0.4) is 0 Å². The zero-order chi connectivity index (χ0) is 24.5. The van der Waals surface area contributed by atoms with Crippen LogP contribution in [-0.4, -0.2) is 39.0 Å². The molecule has 2 saturated carbocycles. The molecule has 0 amide bonds. The minimum Gasteiger partial charge on any atom is -0.467 e. The van der Waals surface area contributed by atoms with Gasteiger partial charge in [-0.25, -0.2) is 14.0 Å². The minimum absolute atomic E-state index is 0.0871. The van der Waals surface area contributed by atoms with Crippen LogP contribution in [0, 0.1) is 5.82 Å². The monoisotopic (exact) mass is 475 g/mol. The second kappa shape index (κ2) is 9.90. The van der Waals surface area contributed by atoms with Gasteiger partial charge in [0, 0.05) is 25.0 Å². The number of methoxy groups -OCH3 is 1. The molecular formula is C25H34FN3O5. The quantitative estimate of drug-likeness (QED) is 0.595. The van der Waals surface area contributed by atoms with Gasteiger partial charge in [0.25, 0.3) is 5.56 Å². The Morgan fingerprint density at radius 3 is 2.44 bits per heavy atom. The first-order valence-electron chi connectivity index (χ1n) is 12.3. The van der Waals surface area contributed by atoms with Crippen LogP contribution in [0.25, 0.3) is 10.9 Å². The van der Waals surface area contributed by atoms with Gasteiger partial charge >= 0.3 is 11.7 Å². The average molecular weight is 476 g/mol. The molecule has 8 nitrogen and oxygen atoms in total. The largest absolute Gasteiger partial charge is 0.467 e. The number of aromatic nitrogens is 2. The molecule has 4 rings (SSSR count). The number of carbonyl (C=O) groups excluding carboxylic acids is 1. The average Bonchev–Trinajstić information content (AvgIpc) is 3.34. The van der Waals surface area contributed by atoms with E-state index in [1.807, 2.05) is 0 Å². The van der Waals surface area contributed by atoms with Gasteiger partial charge in [0.1, 0.15) is 5.82 Å². The number of halogens is 1. The molecule has 0 saturated heterocycles. The Balaban J connectivity index is 1.80. The predicted octanol–water partition coefficient (Wildman–Crippen LogP) is 3.48. The Kier molecular flexibility index (Phi) is 7.12. The number of benzene rings is 1. The molecule has 0 bridgehead atoms. The molecule has 0 radical (unpaired) electrons. The van der Waals surface area contributed by atoms with Crippen LogP contribution >= 0.6 is 0 Å². The highest BCUT2D eigenvalue weighted by Gasteiger charge is 2.32. The number of nitrogens with one attached hydrogen (secondary N) is 1. The molecular weight excluding hydrogens is 441 g/mol. The molecule has 1 heterocycles. The molecule has 34 heavy (non-hydrogen) atoms. The Morgan fingerprint density at radius 1 is 1.15 bits per heavy atom. The lowest BCUT2D eigenvalue weighted by Gasteiger charge is -2.25. The molecule has 2 fully saturated rings. The number of rotatable bonds is 7. The second-order valence-electron chi connectivity index (χ2n) is 9.89. The Hall–Kier alpha value is -2.68. The highest BCUT2D eigenvalue weighted by molar-refractivity contribution is 5.82. The van der Waals surface area contributed by atoms with E-state index in [9.17, 15) is 19.5 Å². The van der Waals surface area contributed by atoms with Crippen molar-refractivity contribution in [2.45, 2.75) is 95.4 Å². The maximum atomic E-state index is 15.1. The van der Waals surface area contributed by atoms with Crippen LogP contribution in [0.2, 0.25) is 0 Å². The third-order valence-corrected chi connectivity index (χ3v) is 7.36. The number of anilines is 1. The molecule has 9 heteroatoms. The van der Waals surface area contributed by atoms with Gasteiger partial charge in [-0.3, -0.25) is 13.9 Å². The Labute approximate surface area is 197 Å². The van der Waals surface area contributed by atoms with E-state index >= 15 is 4.39 Å². The molecule has 1 aromatic heterocycles. The molecule has 1 unspecified atom stereocenters. The van der Waals surface area contributed by atoms with E-state index in [1.54, 1.807) is 10.6 Å². The van der Waals surface area contributed by atoms with Gasteiger partial charge in [-0.2, -0.15) is 0 Å². The first-order chi connectivity index (χ1) is 16.2. The number of fused-ring (bicyclic) bond motifs is 1. The first kappa shape index (κ1) is 24.4. The summed E-state index contributed by atoms with van der Waals surface area (Å²) in [4.78, 5) is 38.7. The van der Waals surface area contributed by atoms with Crippen LogP contribution in [0.5, 0.6) is 0 Å². The van der Waals surface area contributed by atoms with Gasteiger partial charge < -0.3 is 15.2 Å². The molecule has 1 atom stereocenters. The summed E-state index contributed by atoms with van der Waals surface area (Å²) >= 11 is 0. The lowest BCUT2D eigenvalue weighted by atomic mass is 9.95. The Bertz CT molecular complexity index is 1170. The molecule has 186 valence electrons. The zero-order valence-corrected chi connectivity index (χ0v) is 19.9. The second-order valence-corrected chi connectivity index (χ2v) is 9.89. The van der Waals surface area contributed by atoms with Gasteiger partial charge in [-0.15, -0.1) is 0 Å². The third-order valence-electron chi connectivity index (χ3n) is 7.36. The van der Waals surface area contributed by atoms with Crippen LogP contribution in [0.4, 0.5) is 10.1 Å². The van der Waals surface area contributed by atoms with Gasteiger partial charge in [-0.05, 0) is 44.7 Å². The molecule has 2 aliphatic carbocycles. The summed E-state index contributed by atoms with van der Waals surface area (Å²) in [7, 11) is 1.16. The summed E-state index contributed by atoms with van der Waals surface area (Å²) in [6.45, 7) is 1.09. The lowest BCUT2D eigenvalue weighted by Crippen LogP contribution is -2.44. The van der Waals surface area contributed by atoms with E-state index in [1.165, 1.54) is 19.4 Å². The minimum atomic E-state index is -1.85. The van der Waals surface area contributed by atoms with Crippen LogP contribution in [0.1, 0.15) is 77.2 Å². The summed E-state index contributed by atoms with van der Waals surface area (Å²) in [6.07, 6.45) is 8.68. The number of hydrogen-bond acceptors (Lipinski definition) is 6. The van der Waals surface area contributed by atoms with Crippen molar-refractivity contribution in [2.75, 3.05) is 12.4 Å². The Morgan fingerprint density at radius 2 is 1.79 bits per heavy atom. The molecule has 2 aliphatic rings. The van der Waals surface area contributed by atoms with Crippen LogP contribution < -0.4 is 16.6 Å². The molecule has 2 N–H and O–H groups in total. The molecule has 1 aromatic carbocycles. The standard InChI is InChI=1S/C25H34FN3O5/c1-25(33,23(31)34-2)12-13-28-22(30)18-14-19(26)20(27-16-8-4-3-5-9-16)15-21(18)29(24(28)32)17-10-6-7-11-17/h14-17,27,33H,3-13H2,1-2H3. The normalized spacial score (nSPS) is 19.3. The van der Waals surface area contributed by atoms with Crippen LogP contribution in [-0.2, 0) is 16.1 Å². The van der Waals surface area contributed by atoms with E-state index < -0.39 is 28.6 Å². The fourth-order valence-electron chi connectivity index (χ4n) is 5.34. The van der Waals surface area contributed by atoms with Crippen molar-refractivity contribution in [3.8, 4) is 0 Å². The highest BCUT2D eigenvalue weighted by atomic mass is 19.1. The van der Waals surface area contributed by atoms with Crippen LogP contribution in [0.15, 0.2) is 21.7 Å². The fraction of sp³-hybridized carbons (Fsp3) is 0.640. The number of hydrogen-bond donors (Lipinski definition) is 2. The van der Waals surface area contributed by atoms with E-state index in [0.717, 1.165) is 63.0 Å². The van der Waals surface area contributed by atoms with Crippen molar-refractivity contribution in [1.82, 2.24) is 9.13 Å². The first-order valence-corrected chi connectivity index (χ1v) is 12.3. The summed E-state index contributed by atoms with van der Waals surface area (Å²) in [5.41, 5.74) is -2.24. The predicted molar refractivity (Wildman–Crippen MR) is 128 cm³/mol. The van der Waals surface area contributed by atoms with Crippen molar-refractivity contribution in [3.63, 3.8) is 0 Å². The number of carbonyl (C=O) groups is 1. The van der Waals surface area contributed by atoms with Gasteiger partial charge in [-0.1, -0.05) is 32.1 Å². The topological polar surface area (TPSA) is 103 Å². The van der Waals surface area contributed by atoms with E-state index in [2.05, 4.69) is 10.1 Å². The highest BCUT2D eigenvalue weighted by Crippen LogP contribution is 2.32. The van der Waals surface area contributed by atoms with Gasteiger partial charge in [0.2, 0.25) is 0 Å². The maximum Gasteiger partial charge on any atom is 0.337 e. The smallest absolute Gasteiger partial charge is 0.337 e. The summed E-state index contributed by atoms with van der Waals surface area (Å²) in [6, 6.07) is 2.90. The van der Waals surface area contributed by atoms with E-state index in [0.29, 0.717) is 11.2 Å². The molecule has 0 spiro atoms. The number of esters is 1. The molecule has 2 aromatic rings. The van der Waals surface area contributed by atoms with E-state index in [-0.39, 0.29) is 30.4 Å². The van der Waals surface area contributed by atoms with Gasteiger partial charge in [0.05, 0.1) is 23.7 Å². The van der Waals surface area contributed by atoms with Crippen molar-refractivity contribution in [1.29, 1.82) is 0 Å². The SMILES string of the molecule is COC(=O)C(C)(O)CCn1c(=O)c2cc(F)c(NC3CCCCC3)cc2n(C2CCCC2)c1=O. The van der Waals surface area contributed by atoms with Gasteiger partial charge in [0.15, 0.2) is 5.60 Å². The number of nitrogens with zero attached hydrogens (tertiary/aromatic N) is 2. The summed E-state index contributed by atoms with van der Waals surface area (Å²) in [5, 5.41) is 13.8. The van der Waals surface area contributed by atoms with Crippen molar-refractivity contribution < 1.29 is 19.0 Å². The number of ether oxygens (including phenoxy) is 1. The summed E-state index contributed by atoms with van der Waals surface area (Å²) < 4.78 is 22.4. The third kappa shape index (κ3) is 4.76. The van der Waals surface area contributed by atoms with Crippen molar-refractivity contribution in [3.05, 3.63) is 38.8 Å². The summed E-state index contributed by atoms with van der Waals surface area (Å²) in [5.74, 6) is -1.37. The van der Waals surface area contributed by atoms with Crippen molar-refractivity contribution >= 4 is 22.6 Å². The van der Waals surface area contributed by atoms with E-state index in [4.69, 9.17) is 0 Å². The van der Waals surface area contributed by atoms with Crippen molar-refractivity contribution in [2.24, 2.45) is 0 Å². The number of aliphatic hydroxyl groups is 1. The zero-order valence-electron chi connectivity index (χ0n) is 19.9.